The Morgan fingerprint density at radius 1 is 1.16 bits per heavy atom. The summed E-state index contributed by atoms with van der Waals surface area (Å²) in [4.78, 5) is 57.0. The highest BCUT2D eigenvalue weighted by molar-refractivity contribution is 7.21. The molecule has 0 saturated heterocycles. The molecule has 11 nitrogen and oxygen atoms in total. The van der Waals surface area contributed by atoms with Gasteiger partial charge in [0, 0.05) is 18.7 Å². The number of carbonyl (C=O) groups excluding carboxylic acids is 2. The van der Waals surface area contributed by atoms with Gasteiger partial charge in [-0.3, -0.25) is 19.0 Å². The van der Waals surface area contributed by atoms with Crippen molar-refractivity contribution in [2.45, 2.75) is 46.3 Å². The van der Waals surface area contributed by atoms with Gasteiger partial charge < -0.3 is 9.64 Å². The number of ether oxygens (including phenoxy) is 1. The second kappa shape index (κ2) is 10.3. The molecule has 0 radical (unpaired) electrons. The Kier molecular flexibility index (Phi) is 7.31. The molecular weight excluding hydrogens is 515 g/mol. The number of hydrogen-bond donors (Lipinski definition) is 0. The van der Waals surface area contributed by atoms with Gasteiger partial charge in [0.2, 0.25) is 5.91 Å². The van der Waals surface area contributed by atoms with Crippen molar-refractivity contribution in [1.82, 2.24) is 29.0 Å². The number of hydrogen-bond acceptors (Lipinski definition) is 8. The van der Waals surface area contributed by atoms with Crippen LogP contribution < -0.4 is 16.0 Å². The number of ketones is 1. The van der Waals surface area contributed by atoms with Crippen molar-refractivity contribution in [2.75, 3.05) is 14.2 Å². The summed E-state index contributed by atoms with van der Waals surface area (Å²) in [5, 5.41) is 8.89. The number of thiophene rings is 1. The number of benzene rings is 1. The van der Waals surface area contributed by atoms with Gasteiger partial charge in [0.25, 0.3) is 5.56 Å². The van der Waals surface area contributed by atoms with Gasteiger partial charge in [0.15, 0.2) is 5.78 Å². The lowest BCUT2D eigenvalue weighted by Crippen LogP contribution is -2.48. The average molecular weight is 543 g/mol. The van der Waals surface area contributed by atoms with Crippen molar-refractivity contribution in [3.8, 4) is 10.8 Å². The van der Waals surface area contributed by atoms with Crippen LogP contribution in [0.15, 0.2) is 40.2 Å². The molecule has 4 rings (SSSR count). The Balaban J connectivity index is 1.98. The molecule has 3 aromatic heterocycles. The molecular formula is C25H27FN6O5S. The lowest BCUT2D eigenvalue weighted by atomic mass is 10.1. The molecule has 0 aliphatic rings. The zero-order valence-corrected chi connectivity index (χ0v) is 22.6. The van der Waals surface area contributed by atoms with Crippen LogP contribution in [0.2, 0.25) is 0 Å². The van der Waals surface area contributed by atoms with Crippen molar-refractivity contribution < 1.29 is 18.7 Å². The number of aromatic nitrogens is 5. The molecule has 4 aromatic rings. The van der Waals surface area contributed by atoms with E-state index < -0.39 is 41.3 Å². The monoisotopic (exact) mass is 542 g/mol. The van der Waals surface area contributed by atoms with E-state index in [1.54, 1.807) is 14.0 Å². The van der Waals surface area contributed by atoms with Crippen molar-refractivity contribution in [3.05, 3.63) is 68.4 Å². The van der Waals surface area contributed by atoms with E-state index in [1.807, 2.05) is 13.8 Å². The maximum Gasteiger partial charge on any atom is 0.333 e. The average Bonchev–Trinajstić information content (AvgIpc) is 3.53. The Hall–Kier alpha value is -4.13. The Labute approximate surface area is 220 Å². The van der Waals surface area contributed by atoms with Gasteiger partial charge in [0.05, 0.1) is 37.0 Å². The molecule has 1 unspecified atom stereocenters. The maximum atomic E-state index is 14.0. The molecule has 0 aliphatic heterocycles. The smallest absolute Gasteiger partial charge is 0.333 e. The van der Waals surface area contributed by atoms with E-state index in [0.29, 0.717) is 10.6 Å². The van der Waals surface area contributed by atoms with Gasteiger partial charge in [-0.2, -0.15) is 10.2 Å². The van der Waals surface area contributed by atoms with Gasteiger partial charge in [-0.05, 0) is 45.9 Å². The summed E-state index contributed by atoms with van der Waals surface area (Å²) in [6, 6.07) is 2.18. The van der Waals surface area contributed by atoms with E-state index in [4.69, 9.17) is 4.74 Å². The normalized spacial score (nSPS) is 12.2. The molecule has 0 N–H and O–H groups in total. The van der Waals surface area contributed by atoms with E-state index in [2.05, 4.69) is 10.2 Å². The van der Waals surface area contributed by atoms with E-state index in [9.17, 15) is 23.6 Å². The summed E-state index contributed by atoms with van der Waals surface area (Å²) in [5.74, 6) is -1.56. The lowest BCUT2D eigenvalue weighted by Gasteiger charge is -2.26. The summed E-state index contributed by atoms with van der Waals surface area (Å²) in [5.41, 5.74) is -1.08. The van der Waals surface area contributed by atoms with Crippen LogP contribution in [0.4, 0.5) is 4.39 Å². The maximum absolute atomic E-state index is 14.0. The van der Waals surface area contributed by atoms with E-state index in [-0.39, 0.29) is 27.6 Å². The first-order valence-electron chi connectivity index (χ1n) is 11.8. The minimum absolute atomic E-state index is 0.0591. The number of carbonyl (C=O) groups is 2. The number of Topliss-reactive ketones (excluding diaryl/α,β-unsaturated/α-hetero) is 1. The highest BCUT2D eigenvalue weighted by Crippen LogP contribution is 2.31. The first-order valence-corrected chi connectivity index (χ1v) is 12.6. The summed E-state index contributed by atoms with van der Waals surface area (Å²) < 4.78 is 21.2. The summed E-state index contributed by atoms with van der Waals surface area (Å²) >= 11 is 1.06. The Morgan fingerprint density at radius 2 is 1.82 bits per heavy atom. The van der Waals surface area contributed by atoms with Crippen molar-refractivity contribution in [1.29, 1.82) is 0 Å². The third-order valence-electron chi connectivity index (χ3n) is 6.45. The highest BCUT2D eigenvalue weighted by Gasteiger charge is 2.29. The first kappa shape index (κ1) is 26.9. The van der Waals surface area contributed by atoms with Crippen LogP contribution in [-0.2, 0) is 11.3 Å². The summed E-state index contributed by atoms with van der Waals surface area (Å²) in [6.45, 7) is 6.25. The number of rotatable bonds is 8. The fourth-order valence-corrected chi connectivity index (χ4v) is 5.34. The molecule has 0 fully saturated rings. The minimum atomic E-state index is -1.15. The number of nitrogens with zero attached hydrogens (tertiary/aromatic N) is 6. The number of amides is 1. The predicted octanol–water partition coefficient (Wildman–Crippen LogP) is 2.57. The van der Waals surface area contributed by atoms with Crippen molar-refractivity contribution >= 4 is 33.2 Å². The number of fused-ring (bicyclic) bond motifs is 1. The van der Waals surface area contributed by atoms with Gasteiger partial charge in [-0.1, -0.05) is 11.3 Å². The molecule has 1 atom stereocenters. The second-order valence-corrected chi connectivity index (χ2v) is 10.0. The topological polar surface area (TPSA) is 121 Å². The van der Waals surface area contributed by atoms with Crippen molar-refractivity contribution in [2.24, 2.45) is 0 Å². The van der Waals surface area contributed by atoms with Gasteiger partial charge in [0.1, 0.15) is 27.4 Å². The first-order chi connectivity index (χ1) is 18.0. The molecule has 0 aliphatic carbocycles. The van der Waals surface area contributed by atoms with Crippen LogP contribution in [0.25, 0.3) is 15.2 Å². The highest BCUT2D eigenvalue weighted by atomic mass is 32.1. The fraction of sp³-hybridized carbons (Fsp3) is 0.360. The van der Waals surface area contributed by atoms with Gasteiger partial charge in [-0.15, -0.1) is 4.80 Å². The van der Waals surface area contributed by atoms with Gasteiger partial charge in [-0.25, -0.2) is 13.8 Å². The molecule has 0 saturated carbocycles. The second-order valence-electron chi connectivity index (χ2n) is 9.06. The Bertz CT molecular complexity index is 1650. The number of likely N-dealkylation sites (N-methyl/N-ethyl adjacent to an activating group) is 1. The van der Waals surface area contributed by atoms with Crippen LogP contribution >= 0.6 is 11.3 Å². The quantitative estimate of drug-likeness (QED) is 0.314. The molecule has 1 amide bonds. The minimum Gasteiger partial charge on any atom is -0.496 e. The molecule has 38 heavy (non-hydrogen) atoms. The zero-order chi connectivity index (χ0) is 27.9. The van der Waals surface area contributed by atoms with E-state index in [1.165, 1.54) is 42.2 Å². The summed E-state index contributed by atoms with van der Waals surface area (Å²) in [6.07, 6.45) is 2.94. The van der Waals surface area contributed by atoms with Crippen LogP contribution in [-0.4, -0.2) is 60.9 Å². The summed E-state index contributed by atoms with van der Waals surface area (Å²) in [7, 11) is 2.93. The van der Waals surface area contributed by atoms with Crippen LogP contribution in [0.5, 0.6) is 5.75 Å². The standard InChI is InChI=1S/C25H27FN6O5S/c1-13(2)29(5)21(34)15(4)31-22(35)20-14(3)23(32-27-9-10-28-32)38-24(20)30(25(31)36)12-18(33)17-11-16(26)7-8-19(17)37-6/h7-11,13,15H,12H2,1-6H3. The third-order valence-corrected chi connectivity index (χ3v) is 7.73. The molecule has 200 valence electrons. The van der Waals surface area contributed by atoms with Crippen LogP contribution in [0.3, 0.4) is 0 Å². The third kappa shape index (κ3) is 4.53. The van der Waals surface area contributed by atoms with Crippen LogP contribution in [0, 0.1) is 12.7 Å². The number of halogens is 1. The molecule has 0 spiro atoms. The van der Waals surface area contributed by atoms with E-state index in [0.717, 1.165) is 32.6 Å². The van der Waals surface area contributed by atoms with Crippen LogP contribution in [0.1, 0.15) is 42.7 Å². The predicted molar refractivity (Wildman–Crippen MR) is 140 cm³/mol. The Morgan fingerprint density at radius 3 is 2.42 bits per heavy atom. The number of methoxy groups -OCH3 is 1. The lowest BCUT2D eigenvalue weighted by molar-refractivity contribution is -0.134. The fourth-order valence-electron chi connectivity index (χ4n) is 4.13. The molecule has 3 heterocycles. The molecule has 0 bridgehead atoms. The van der Waals surface area contributed by atoms with Crippen molar-refractivity contribution in [3.63, 3.8) is 0 Å². The largest absolute Gasteiger partial charge is 0.496 e. The number of aryl methyl sites for hydroxylation is 1. The van der Waals surface area contributed by atoms with Gasteiger partial charge >= 0.3 is 5.69 Å². The molecule has 13 heteroatoms. The van der Waals surface area contributed by atoms with E-state index >= 15 is 0 Å². The SMILES string of the molecule is COc1ccc(F)cc1C(=O)Cn1c(=O)n(C(C)C(=O)N(C)C(C)C)c(=O)c2c(C)c(-n3nccn3)sc21. The zero-order valence-electron chi connectivity index (χ0n) is 21.8. The molecule has 1 aromatic carbocycles.